The number of benzene rings is 1. The Balaban J connectivity index is 2.14. The molecule has 2 aliphatic rings. The van der Waals surface area contributed by atoms with Crippen molar-refractivity contribution in [3.8, 4) is 11.5 Å². The summed E-state index contributed by atoms with van der Waals surface area (Å²) in [7, 11) is 3.22. The summed E-state index contributed by atoms with van der Waals surface area (Å²) in [6.45, 7) is 3.19. The molecule has 1 saturated heterocycles. The molecule has 124 valence electrons. The van der Waals surface area contributed by atoms with Gasteiger partial charge in [-0.2, -0.15) is 0 Å². The van der Waals surface area contributed by atoms with Crippen LogP contribution in [-0.4, -0.2) is 43.8 Å². The van der Waals surface area contributed by atoms with Crippen LogP contribution in [0.1, 0.15) is 37.3 Å². The van der Waals surface area contributed by atoms with E-state index in [1.165, 1.54) is 0 Å². The average Bonchev–Trinajstić information content (AvgIpc) is 2.89. The van der Waals surface area contributed by atoms with Crippen molar-refractivity contribution in [3.63, 3.8) is 0 Å². The van der Waals surface area contributed by atoms with Crippen LogP contribution in [0.5, 0.6) is 11.5 Å². The van der Waals surface area contributed by atoms with Crippen molar-refractivity contribution in [1.29, 1.82) is 0 Å². The highest BCUT2D eigenvalue weighted by atomic mass is 16.5. The van der Waals surface area contributed by atoms with Gasteiger partial charge in [0.2, 0.25) is 0 Å². The topological polar surface area (TPSA) is 55.8 Å². The van der Waals surface area contributed by atoms with Crippen LogP contribution < -0.4 is 9.47 Å². The van der Waals surface area contributed by atoms with Crippen molar-refractivity contribution in [1.82, 2.24) is 4.90 Å². The quantitative estimate of drug-likeness (QED) is 0.832. The normalized spacial score (nSPS) is 23.3. The summed E-state index contributed by atoms with van der Waals surface area (Å²) in [4.78, 5) is 26.6. The van der Waals surface area contributed by atoms with Gasteiger partial charge in [0.05, 0.1) is 14.2 Å². The van der Waals surface area contributed by atoms with Crippen LogP contribution in [0.4, 0.5) is 0 Å². The molecule has 0 amide bonds. The van der Waals surface area contributed by atoms with Gasteiger partial charge < -0.3 is 14.3 Å². The first-order valence-corrected chi connectivity index (χ1v) is 8.06. The number of ether oxygens (including phenoxy) is 2. The summed E-state index contributed by atoms with van der Waals surface area (Å²) in [5.74, 6) is 1.65. The van der Waals surface area contributed by atoms with E-state index >= 15 is 0 Å². The first-order chi connectivity index (χ1) is 11.0. The van der Waals surface area contributed by atoms with Gasteiger partial charge in [0.1, 0.15) is 11.3 Å². The Bertz CT molecular complexity index is 655. The number of carbonyl (C=O) groups excluding carboxylic acids is 2. The molecular weight excluding hydrogens is 294 g/mol. The molecule has 0 N–H and O–H groups in total. The molecule has 0 aliphatic carbocycles. The highest BCUT2D eigenvalue weighted by molar-refractivity contribution is 5.93. The number of hydrogen-bond donors (Lipinski definition) is 0. The van der Waals surface area contributed by atoms with E-state index in [-0.39, 0.29) is 11.6 Å². The molecule has 2 heterocycles. The summed E-state index contributed by atoms with van der Waals surface area (Å²) >= 11 is 0. The standard InChI is InChI=1S/C18H23NO4/c1-12(20)4-7-18-14-11-16(23-3)15(22-2)10-13(14)5-8-19(18)9-6-17(18)21/h10-11H,4-9H2,1-3H3/t18-/m1/s1. The van der Waals surface area contributed by atoms with Gasteiger partial charge in [0.25, 0.3) is 0 Å². The van der Waals surface area contributed by atoms with E-state index in [1.807, 2.05) is 12.1 Å². The van der Waals surface area contributed by atoms with Crippen LogP contribution in [0, 0.1) is 0 Å². The highest BCUT2D eigenvalue weighted by Gasteiger charge is 2.52. The third-order valence-electron chi connectivity index (χ3n) is 5.15. The van der Waals surface area contributed by atoms with Crippen molar-refractivity contribution >= 4 is 11.6 Å². The molecule has 5 nitrogen and oxygen atoms in total. The molecule has 0 radical (unpaired) electrons. The van der Waals surface area contributed by atoms with Gasteiger partial charge in [-0.3, -0.25) is 9.69 Å². The molecule has 0 bridgehead atoms. The first kappa shape index (κ1) is 16.0. The fourth-order valence-electron chi connectivity index (χ4n) is 3.99. The fourth-order valence-corrected chi connectivity index (χ4v) is 3.99. The minimum absolute atomic E-state index is 0.117. The number of nitrogens with zero attached hydrogens (tertiary/aromatic N) is 1. The molecule has 0 aromatic heterocycles. The maximum absolute atomic E-state index is 12.8. The summed E-state index contributed by atoms with van der Waals surface area (Å²) < 4.78 is 10.8. The molecule has 2 aliphatic heterocycles. The van der Waals surface area contributed by atoms with Gasteiger partial charge in [-0.15, -0.1) is 0 Å². The zero-order valence-corrected chi connectivity index (χ0v) is 14.0. The molecule has 5 heteroatoms. The molecule has 23 heavy (non-hydrogen) atoms. The average molecular weight is 317 g/mol. The number of methoxy groups -OCH3 is 2. The first-order valence-electron chi connectivity index (χ1n) is 8.06. The van der Waals surface area contributed by atoms with Crippen LogP contribution >= 0.6 is 0 Å². The highest BCUT2D eigenvalue weighted by Crippen LogP contribution is 2.47. The van der Waals surface area contributed by atoms with Gasteiger partial charge in [0.15, 0.2) is 17.3 Å². The number of rotatable bonds is 5. The Morgan fingerprint density at radius 3 is 2.48 bits per heavy atom. The number of hydrogen-bond acceptors (Lipinski definition) is 5. The predicted octanol–water partition coefficient (Wildman–Crippen LogP) is 2.10. The SMILES string of the molecule is COc1cc2c(cc1OC)[C@]1(CCC(C)=O)C(=O)CCN1CC2. The molecule has 1 fully saturated rings. The Kier molecular flexibility index (Phi) is 4.15. The Labute approximate surface area is 136 Å². The lowest BCUT2D eigenvalue weighted by molar-refractivity contribution is -0.127. The predicted molar refractivity (Wildman–Crippen MR) is 86.0 cm³/mol. The number of ketones is 2. The van der Waals surface area contributed by atoms with E-state index in [0.717, 1.165) is 30.6 Å². The second kappa shape index (κ2) is 5.96. The molecule has 1 aromatic rings. The molecule has 1 atom stereocenters. The summed E-state index contributed by atoms with van der Waals surface area (Å²) in [5, 5.41) is 0. The summed E-state index contributed by atoms with van der Waals surface area (Å²) in [5.41, 5.74) is 1.45. The molecule has 1 aromatic carbocycles. The molecule has 3 rings (SSSR count). The number of fused-ring (bicyclic) bond motifs is 3. The molecular formula is C18H23NO4. The van der Waals surface area contributed by atoms with E-state index in [4.69, 9.17) is 9.47 Å². The van der Waals surface area contributed by atoms with Crippen molar-refractivity contribution in [2.75, 3.05) is 27.3 Å². The van der Waals surface area contributed by atoms with Gasteiger partial charge >= 0.3 is 0 Å². The van der Waals surface area contributed by atoms with Gasteiger partial charge in [0, 0.05) is 25.9 Å². The second-order valence-corrected chi connectivity index (χ2v) is 6.34. The smallest absolute Gasteiger partial charge is 0.161 e. The molecule has 0 spiro atoms. The monoisotopic (exact) mass is 317 g/mol. The Morgan fingerprint density at radius 1 is 1.17 bits per heavy atom. The fraction of sp³-hybridized carbons (Fsp3) is 0.556. The zero-order valence-electron chi connectivity index (χ0n) is 14.0. The maximum Gasteiger partial charge on any atom is 0.161 e. The number of Topliss-reactive ketones (excluding diaryl/α,β-unsaturated/α-hetero) is 2. The van der Waals surface area contributed by atoms with Gasteiger partial charge in [-0.25, -0.2) is 0 Å². The van der Waals surface area contributed by atoms with Crippen LogP contribution in [0.25, 0.3) is 0 Å². The van der Waals surface area contributed by atoms with Crippen LogP contribution in [0.15, 0.2) is 12.1 Å². The van der Waals surface area contributed by atoms with Crippen LogP contribution in [0.2, 0.25) is 0 Å². The lowest BCUT2D eigenvalue weighted by Crippen LogP contribution is -2.50. The van der Waals surface area contributed by atoms with E-state index in [0.29, 0.717) is 30.8 Å². The van der Waals surface area contributed by atoms with Crippen molar-refractivity contribution < 1.29 is 19.1 Å². The van der Waals surface area contributed by atoms with Crippen LogP contribution in [0.3, 0.4) is 0 Å². The largest absolute Gasteiger partial charge is 0.493 e. The van der Waals surface area contributed by atoms with Crippen molar-refractivity contribution in [2.45, 2.75) is 38.1 Å². The van der Waals surface area contributed by atoms with Gasteiger partial charge in [-0.05, 0) is 43.0 Å². The van der Waals surface area contributed by atoms with Crippen molar-refractivity contribution in [3.05, 3.63) is 23.3 Å². The lowest BCUT2D eigenvalue weighted by Gasteiger charge is -2.42. The third kappa shape index (κ3) is 2.43. The second-order valence-electron chi connectivity index (χ2n) is 6.34. The number of carbonyl (C=O) groups is 2. The third-order valence-corrected chi connectivity index (χ3v) is 5.15. The summed E-state index contributed by atoms with van der Waals surface area (Å²) in [6.07, 6.45) is 2.39. The maximum atomic E-state index is 12.8. The minimum atomic E-state index is -0.668. The zero-order chi connectivity index (χ0) is 16.6. The van der Waals surface area contributed by atoms with E-state index in [9.17, 15) is 9.59 Å². The van der Waals surface area contributed by atoms with Crippen molar-refractivity contribution in [2.24, 2.45) is 0 Å². The van der Waals surface area contributed by atoms with E-state index < -0.39 is 5.54 Å². The Hall–Kier alpha value is -1.88. The van der Waals surface area contributed by atoms with Gasteiger partial charge in [-0.1, -0.05) is 0 Å². The Morgan fingerprint density at radius 2 is 1.83 bits per heavy atom. The summed E-state index contributed by atoms with van der Waals surface area (Å²) in [6, 6.07) is 3.91. The lowest BCUT2D eigenvalue weighted by atomic mass is 9.76. The van der Waals surface area contributed by atoms with Crippen LogP contribution in [-0.2, 0) is 21.5 Å². The van der Waals surface area contributed by atoms with E-state index in [1.54, 1.807) is 21.1 Å². The molecule has 0 saturated carbocycles. The van der Waals surface area contributed by atoms with E-state index in [2.05, 4.69) is 4.90 Å². The molecule has 0 unspecified atom stereocenters. The minimum Gasteiger partial charge on any atom is -0.493 e.